The second-order valence-electron chi connectivity index (χ2n) is 5.31. The smallest absolute Gasteiger partial charge is 0.276 e. The van der Waals surface area contributed by atoms with E-state index in [4.69, 9.17) is 0 Å². The van der Waals surface area contributed by atoms with E-state index in [9.17, 15) is 9.59 Å². The molecule has 1 amide bonds. The van der Waals surface area contributed by atoms with Crippen LogP contribution in [0.15, 0.2) is 46.6 Å². The number of thiazole rings is 1. The van der Waals surface area contributed by atoms with Crippen LogP contribution < -0.4 is 10.7 Å². The van der Waals surface area contributed by atoms with Crippen LogP contribution in [0.3, 0.4) is 0 Å². The predicted octanol–water partition coefficient (Wildman–Crippen LogP) is 2.24. The highest BCUT2D eigenvalue weighted by Gasteiger charge is 2.15. The number of carbonyl (C=O) groups is 1. The molecule has 0 fully saturated rings. The maximum absolute atomic E-state index is 12.3. The normalized spacial score (nSPS) is 10.6. The molecule has 2 aromatic heterocycles. The highest BCUT2D eigenvalue weighted by atomic mass is 32.1. The summed E-state index contributed by atoms with van der Waals surface area (Å²) >= 11 is 1.46. The minimum absolute atomic E-state index is 0.127. The first-order chi connectivity index (χ1) is 11.5. The summed E-state index contributed by atoms with van der Waals surface area (Å²) in [6, 6.07) is 10.8. The van der Waals surface area contributed by atoms with Crippen molar-refractivity contribution in [2.45, 2.75) is 20.4 Å². The molecule has 3 rings (SSSR count). The van der Waals surface area contributed by atoms with Crippen molar-refractivity contribution in [3.05, 3.63) is 74.1 Å². The van der Waals surface area contributed by atoms with E-state index in [1.165, 1.54) is 17.4 Å². The predicted molar refractivity (Wildman–Crippen MR) is 92.6 cm³/mol. The van der Waals surface area contributed by atoms with Gasteiger partial charge >= 0.3 is 0 Å². The van der Waals surface area contributed by atoms with Gasteiger partial charge in [-0.2, -0.15) is 5.10 Å². The van der Waals surface area contributed by atoms with Gasteiger partial charge in [0, 0.05) is 22.8 Å². The summed E-state index contributed by atoms with van der Waals surface area (Å²) < 4.78 is 1.59. The van der Waals surface area contributed by atoms with Gasteiger partial charge in [-0.3, -0.25) is 9.59 Å². The van der Waals surface area contributed by atoms with Crippen LogP contribution in [0.4, 0.5) is 0 Å². The zero-order chi connectivity index (χ0) is 17.1. The monoisotopic (exact) mass is 340 g/mol. The number of amides is 1. The molecule has 6 nitrogen and oxygen atoms in total. The van der Waals surface area contributed by atoms with Crippen LogP contribution in [0.25, 0.3) is 5.69 Å². The van der Waals surface area contributed by atoms with Gasteiger partial charge in [-0.25, -0.2) is 9.67 Å². The van der Waals surface area contributed by atoms with Crippen LogP contribution in [0.5, 0.6) is 0 Å². The van der Waals surface area contributed by atoms with Crippen molar-refractivity contribution in [3.63, 3.8) is 0 Å². The van der Waals surface area contributed by atoms with E-state index in [-0.39, 0.29) is 12.2 Å². The summed E-state index contributed by atoms with van der Waals surface area (Å²) in [5.41, 5.74) is 1.84. The van der Waals surface area contributed by atoms with Crippen molar-refractivity contribution in [1.82, 2.24) is 20.1 Å². The van der Waals surface area contributed by atoms with E-state index in [1.807, 2.05) is 42.6 Å². The van der Waals surface area contributed by atoms with E-state index >= 15 is 0 Å². The van der Waals surface area contributed by atoms with Crippen LogP contribution in [0.2, 0.25) is 0 Å². The molecule has 0 aliphatic rings. The van der Waals surface area contributed by atoms with E-state index < -0.39 is 11.3 Å². The fraction of sp³-hybridized carbons (Fsp3) is 0.176. The Balaban J connectivity index is 1.87. The number of carbonyl (C=O) groups excluding carboxylic acids is 1. The van der Waals surface area contributed by atoms with Gasteiger partial charge in [-0.15, -0.1) is 11.3 Å². The molecule has 0 aliphatic carbocycles. The third kappa shape index (κ3) is 3.41. The SMILES string of the molecule is Cc1csc(CNC(=O)c2nn(-c3ccccc3)c(C)cc2=O)n1. The van der Waals surface area contributed by atoms with Crippen LogP contribution in [0, 0.1) is 13.8 Å². The minimum atomic E-state index is -0.502. The maximum atomic E-state index is 12.3. The lowest BCUT2D eigenvalue weighted by Gasteiger charge is -2.11. The summed E-state index contributed by atoms with van der Waals surface area (Å²) in [5.74, 6) is -0.502. The molecule has 0 saturated heterocycles. The average Bonchev–Trinajstić information content (AvgIpc) is 2.99. The zero-order valence-electron chi connectivity index (χ0n) is 13.3. The lowest BCUT2D eigenvalue weighted by atomic mass is 10.2. The van der Waals surface area contributed by atoms with Crippen molar-refractivity contribution in [2.24, 2.45) is 0 Å². The number of para-hydroxylation sites is 1. The van der Waals surface area contributed by atoms with Crippen LogP contribution in [-0.2, 0) is 6.54 Å². The molecule has 24 heavy (non-hydrogen) atoms. The molecule has 0 atom stereocenters. The van der Waals surface area contributed by atoms with Gasteiger partial charge in [-0.1, -0.05) is 18.2 Å². The van der Waals surface area contributed by atoms with Gasteiger partial charge in [0.1, 0.15) is 5.01 Å². The number of benzene rings is 1. The Kier molecular flexibility index (Phi) is 4.52. The molecule has 122 valence electrons. The number of aryl methyl sites for hydroxylation is 2. The summed E-state index contributed by atoms with van der Waals surface area (Å²) in [6.45, 7) is 3.95. The first-order valence-corrected chi connectivity index (χ1v) is 8.28. The molecule has 0 unspecified atom stereocenters. The van der Waals surface area contributed by atoms with Gasteiger partial charge < -0.3 is 5.32 Å². The third-order valence-electron chi connectivity index (χ3n) is 3.39. The number of nitrogens with one attached hydrogen (secondary N) is 1. The van der Waals surface area contributed by atoms with Crippen LogP contribution >= 0.6 is 11.3 Å². The molecule has 0 radical (unpaired) electrons. The molecule has 7 heteroatoms. The van der Waals surface area contributed by atoms with Crippen LogP contribution in [-0.4, -0.2) is 20.7 Å². The number of hydrogen-bond donors (Lipinski definition) is 1. The average molecular weight is 340 g/mol. The topological polar surface area (TPSA) is 76.9 Å². The molecule has 1 N–H and O–H groups in total. The number of aromatic nitrogens is 3. The summed E-state index contributed by atoms with van der Waals surface area (Å²) in [6.07, 6.45) is 0. The first-order valence-electron chi connectivity index (χ1n) is 7.40. The Hall–Kier alpha value is -2.80. The van der Waals surface area contributed by atoms with Crippen molar-refractivity contribution < 1.29 is 4.79 Å². The lowest BCUT2D eigenvalue weighted by Crippen LogP contribution is -2.31. The fourth-order valence-electron chi connectivity index (χ4n) is 2.26. The maximum Gasteiger partial charge on any atom is 0.276 e. The van der Waals surface area contributed by atoms with E-state index in [2.05, 4.69) is 15.4 Å². The summed E-state index contributed by atoms with van der Waals surface area (Å²) in [7, 11) is 0. The molecule has 3 aromatic rings. The standard InChI is InChI=1S/C17H16N4O2S/c1-11-10-24-15(19-11)9-18-17(23)16-14(22)8-12(2)21(20-16)13-6-4-3-5-7-13/h3-8,10H,9H2,1-2H3,(H,18,23). The second kappa shape index (κ2) is 6.76. The van der Waals surface area contributed by atoms with E-state index in [0.29, 0.717) is 5.69 Å². The summed E-state index contributed by atoms with van der Waals surface area (Å²) in [5, 5.41) is 9.63. The lowest BCUT2D eigenvalue weighted by molar-refractivity contribution is 0.0943. The largest absolute Gasteiger partial charge is 0.344 e. The summed E-state index contributed by atoms with van der Waals surface area (Å²) in [4.78, 5) is 28.7. The molecule has 1 aromatic carbocycles. The fourth-order valence-corrected chi connectivity index (χ4v) is 2.97. The van der Waals surface area contributed by atoms with Gasteiger partial charge in [0.15, 0.2) is 5.69 Å². The van der Waals surface area contributed by atoms with Crippen molar-refractivity contribution in [3.8, 4) is 5.69 Å². The number of nitrogens with zero attached hydrogens (tertiary/aromatic N) is 3. The highest BCUT2D eigenvalue weighted by Crippen LogP contribution is 2.09. The zero-order valence-corrected chi connectivity index (χ0v) is 14.1. The van der Waals surface area contributed by atoms with Gasteiger partial charge in [0.2, 0.25) is 5.43 Å². The Morgan fingerprint density at radius 2 is 2.00 bits per heavy atom. The Labute approximate surface area is 142 Å². The van der Waals surface area contributed by atoms with Gasteiger partial charge in [-0.05, 0) is 26.0 Å². The minimum Gasteiger partial charge on any atom is -0.344 e. The Morgan fingerprint density at radius 3 is 2.67 bits per heavy atom. The highest BCUT2D eigenvalue weighted by molar-refractivity contribution is 7.09. The molecule has 0 saturated carbocycles. The molecule has 2 heterocycles. The van der Waals surface area contributed by atoms with Crippen molar-refractivity contribution in [1.29, 1.82) is 0 Å². The van der Waals surface area contributed by atoms with Crippen molar-refractivity contribution >= 4 is 17.2 Å². The second-order valence-corrected chi connectivity index (χ2v) is 6.25. The van der Waals surface area contributed by atoms with Gasteiger partial charge in [0.05, 0.1) is 12.2 Å². The molecular weight excluding hydrogens is 324 g/mol. The van der Waals surface area contributed by atoms with Crippen molar-refractivity contribution in [2.75, 3.05) is 0 Å². The third-order valence-corrected chi connectivity index (χ3v) is 4.36. The molecule has 0 aliphatic heterocycles. The van der Waals surface area contributed by atoms with Crippen LogP contribution in [0.1, 0.15) is 26.9 Å². The number of hydrogen-bond acceptors (Lipinski definition) is 5. The Bertz CT molecular complexity index is 931. The number of rotatable bonds is 4. The van der Waals surface area contributed by atoms with E-state index in [1.54, 1.807) is 11.6 Å². The molecule has 0 spiro atoms. The molecular formula is C17H16N4O2S. The molecule has 0 bridgehead atoms. The van der Waals surface area contributed by atoms with E-state index in [0.717, 1.165) is 16.4 Å². The quantitative estimate of drug-likeness (QED) is 0.790. The van der Waals surface area contributed by atoms with Gasteiger partial charge in [0.25, 0.3) is 5.91 Å². The Morgan fingerprint density at radius 1 is 1.25 bits per heavy atom. The first kappa shape index (κ1) is 16.1.